The van der Waals surface area contributed by atoms with Crippen LogP contribution in [-0.2, 0) is 4.79 Å². The smallest absolute Gasteiger partial charge is 0.870 e. The van der Waals surface area contributed by atoms with E-state index >= 15 is 0 Å². The molecule has 0 aromatic carbocycles. The van der Waals surface area contributed by atoms with E-state index in [2.05, 4.69) is 0 Å². The van der Waals surface area contributed by atoms with Crippen molar-refractivity contribution in [3.05, 3.63) is 0 Å². The first kappa shape index (κ1) is 15.6. The van der Waals surface area contributed by atoms with Crippen LogP contribution in [0, 0.1) is 0 Å². The topological polar surface area (TPSA) is 67.3 Å². The van der Waals surface area contributed by atoms with E-state index in [1.807, 2.05) is 0 Å². The molecule has 0 unspecified atom stereocenters. The van der Waals surface area contributed by atoms with Crippen LogP contribution in [0.4, 0.5) is 0 Å². The number of carbonyl (C=O) groups is 1. The minimum absolute atomic E-state index is 0. The third kappa shape index (κ3) is 20.7. The van der Waals surface area contributed by atoms with E-state index in [9.17, 15) is 4.79 Å². The zero-order valence-electron chi connectivity index (χ0n) is 4.51. The standard InChI is InChI=1S/C3H6O2.Na.H2O/c1-3(5)2-4;;/h4H,2H2,1H3;;1H2/q;+1;/p-1. The first-order valence-corrected chi connectivity index (χ1v) is 1.37. The van der Waals surface area contributed by atoms with E-state index in [1.165, 1.54) is 6.92 Å². The Balaban J connectivity index is -0.0000000800. The van der Waals surface area contributed by atoms with Crippen molar-refractivity contribution < 1.29 is 44.9 Å². The summed E-state index contributed by atoms with van der Waals surface area (Å²) < 4.78 is 0. The monoisotopic (exact) mass is 114 g/mol. The molecule has 7 heavy (non-hydrogen) atoms. The number of hydrogen-bond acceptors (Lipinski definition) is 3. The predicted molar refractivity (Wildman–Crippen MR) is 19.7 cm³/mol. The number of hydrogen-bond donors (Lipinski definition) is 1. The molecule has 0 bridgehead atoms. The molecular weight excluding hydrogens is 107 g/mol. The zero-order valence-corrected chi connectivity index (χ0v) is 6.51. The molecule has 0 fully saturated rings. The van der Waals surface area contributed by atoms with Crippen molar-refractivity contribution >= 4 is 5.78 Å². The molecule has 0 heterocycles. The third-order valence-corrected chi connectivity index (χ3v) is 0.223. The largest absolute Gasteiger partial charge is 1.00 e. The second-order valence-electron chi connectivity index (χ2n) is 0.860. The Morgan fingerprint density at radius 1 is 1.71 bits per heavy atom. The maximum absolute atomic E-state index is 9.56. The Morgan fingerprint density at radius 3 is 1.86 bits per heavy atom. The van der Waals surface area contributed by atoms with Crippen molar-refractivity contribution in [2.24, 2.45) is 0 Å². The van der Waals surface area contributed by atoms with Crippen molar-refractivity contribution in [2.45, 2.75) is 6.92 Å². The molecule has 0 saturated heterocycles. The van der Waals surface area contributed by atoms with E-state index in [0.29, 0.717) is 0 Å². The molecule has 2 N–H and O–H groups in total. The summed E-state index contributed by atoms with van der Waals surface area (Å²) in [5, 5.41) is 7.79. The molecule has 0 aliphatic rings. The van der Waals surface area contributed by atoms with Gasteiger partial charge in [-0.05, 0) is 6.92 Å². The summed E-state index contributed by atoms with van der Waals surface area (Å²) in [5.41, 5.74) is 0. The minimum atomic E-state index is -0.333. The van der Waals surface area contributed by atoms with Gasteiger partial charge in [-0.2, -0.15) is 0 Å². The van der Waals surface area contributed by atoms with Gasteiger partial charge in [-0.1, -0.05) is 0 Å². The van der Waals surface area contributed by atoms with E-state index in [1.54, 1.807) is 0 Å². The predicted octanol–water partition coefficient (Wildman–Crippen LogP) is -3.61. The van der Waals surface area contributed by atoms with Crippen LogP contribution in [0.15, 0.2) is 0 Å². The Labute approximate surface area is 64.3 Å². The Hall–Kier alpha value is 0.590. The SMILES string of the molecule is CC(=O)CO.[Na+].[OH-]. The minimum Gasteiger partial charge on any atom is -0.870 e. The average molecular weight is 114 g/mol. The van der Waals surface area contributed by atoms with Gasteiger partial charge in [-0.15, -0.1) is 0 Å². The number of ketones is 1. The van der Waals surface area contributed by atoms with Crippen LogP contribution in [-0.4, -0.2) is 23.0 Å². The van der Waals surface area contributed by atoms with Gasteiger partial charge in [0.25, 0.3) is 0 Å². The summed E-state index contributed by atoms with van der Waals surface area (Å²) in [4.78, 5) is 9.56. The Morgan fingerprint density at radius 2 is 1.86 bits per heavy atom. The van der Waals surface area contributed by atoms with Crippen LogP contribution in [0.3, 0.4) is 0 Å². The van der Waals surface area contributed by atoms with Gasteiger partial charge in [0.1, 0.15) is 6.61 Å². The molecule has 3 nitrogen and oxygen atoms in total. The quantitative estimate of drug-likeness (QED) is 0.358. The molecule has 0 aliphatic heterocycles. The fraction of sp³-hybridized carbons (Fsp3) is 0.667. The molecule has 0 atom stereocenters. The fourth-order valence-electron chi connectivity index (χ4n) is 0. The van der Waals surface area contributed by atoms with Crippen LogP contribution in [0.1, 0.15) is 6.92 Å². The second-order valence-corrected chi connectivity index (χ2v) is 0.860. The number of aliphatic hydroxyl groups excluding tert-OH is 1. The van der Waals surface area contributed by atoms with Gasteiger partial charge in [0.15, 0.2) is 5.78 Å². The molecule has 38 valence electrons. The third-order valence-electron chi connectivity index (χ3n) is 0.223. The molecule has 0 aromatic heterocycles. The Kier molecular flexibility index (Phi) is 21.8. The molecule has 0 rings (SSSR count). The first-order valence-electron chi connectivity index (χ1n) is 1.37. The Bertz CT molecular complexity index is 45.4. The zero-order chi connectivity index (χ0) is 4.28. The second kappa shape index (κ2) is 9.77. The number of Topliss-reactive ketones (excluding diaryl/α,β-unsaturated/α-hetero) is 1. The van der Waals surface area contributed by atoms with Gasteiger partial charge in [-0.25, -0.2) is 0 Å². The molecule has 0 aliphatic carbocycles. The van der Waals surface area contributed by atoms with Crippen molar-refractivity contribution in [1.82, 2.24) is 0 Å². The molecule has 4 heteroatoms. The maximum atomic E-state index is 9.56. The van der Waals surface area contributed by atoms with E-state index in [0.717, 1.165) is 0 Å². The van der Waals surface area contributed by atoms with Gasteiger partial charge in [0.05, 0.1) is 0 Å². The van der Waals surface area contributed by atoms with Crippen LogP contribution in [0.2, 0.25) is 0 Å². The first-order chi connectivity index (χ1) is 2.27. The van der Waals surface area contributed by atoms with Crippen molar-refractivity contribution in [2.75, 3.05) is 6.61 Å². The molecule has 0 spiro atoms. The molecular formula is C3H7NaO3. The van der Waals surface area contributed by atoms with Crippen molar-refractivity contribution in [3.8, 4) is 0 Å². The maximum Gasteiger partial charge on any atom is 1.00 e. The van der Waals surface area contributed by atoms with E-state index < -0.39 is 0 Å². The summed E-state index contributed by atoms with van der Waals surface area (Å²) in [6.07, 6.45) is 0. The van der Waals surface area contributed by atoms with Crippen LogP contribution in [0.5, 0.6) is 0 Å². The van der Waals surface area contributed by atoms with Crippen LogP contribution >= 0.6 is 0 Å². The molecule has 0 saturated carbocycles. The molecule has 0 amide bonds. The van der Waals surface area contributed by atoms with E-state index in [-0.39, 0.29) is 47.4 Å². The number of carbonyl (C=O) groups excluding carboxylic acids is 1. The average Bonchev–Trinajstić information content (AvgIpc) is 1.38. The molecule has 0 radical (unpaired) electrons. The summed E-state index contributed by atoms with van der Waals surface area (Å²) >= 11 is 0. The van der Waals surface area contributed by atoms with Gasteiger partial charge < -0.3 is 10.6 Å². The number of rotatable bonds is 1. The summed E-state index contributed by atoms with van der Waals surface area (Å²) in [6.45, 7) is 1.000. The summed E-state index contributed by atoms with van der Waals surface area (Å²) in [7, 11) is 0. The van der Waals surface area contributed by atoms with Gasteiger partial charge >= 0.3 is 29.6 Å². The summed E-state index contributed by atoms with van der Waals surface area (Å²) in [5.74, 6) is -0.190. The van der Waals surface area contributed by atoms with Gasteiger partial charge in [-0.3, -0.25) is 4.79 Å². The van der Waals surface area contributed by atoms with Crippen molar-refractivity contribution in [3.63, 3.8) is 0 Å². The van der Waals surface area contributed by atoms with Gasteiger partial charge in [0, 0.05) is 0 Å². The fourth-order valence-corrected chi connectivity index (χ4v) is 0. The number of aliphatic hydroxyl groups is 1. The van der Waals surface area contributed by atoms with Crippen LogP contribution in [0.25, 0.3) is 0 Å². The van der Waals surface area contributed by atoms with Gasteiger partial charge in [0.2, 0.25) is 0 Å². The van der Waals surface area contributed by atoms with E-state index in [4.69, 9.17) is 5.11 Å². The summed E-state index contributed by atoms with van der Waals surface area (Å²) in [6, 6.07) is 0. The molecule has 0 aromatic rings. The van der Waals surface area contributed by atoms with Crippen LogP contribution < -0.4 is 29.6 Å². The van der Waals surface area contributed by atoms with Crippen molar-refractivity contribution in [1.29, 1.82) is 0 Å². The normalized spacial score (nSPS) is 5.43.